The third-order valence-corrected chi connectivity index (χ3v) is 4.79. The van der Waals surface area contributed by atoms with Gasteiger partial charge in [-0.15, -0.1) is 0 Å². The number of pyridine rings is 1. The highest BCUT2D eigenvalue weighted by atomic mass is 16.5. The van der Waals surface area contributed by atoms with Gasteiger partial charge < -0.3 is 19.9 Å². The molecular formula is C22H30N2O3. The van der Waals surface area contributed by atoms with E-state index in [0.29, 0.717) is 25.9 Å². The van der Waals surface area contributed by atoms with Crippen molar-refractivity contribution in [2.75, 3.05) is 13.2 Å². The number of phenols is 1. The molecule has 2 heterocycles. The zero-order chi connectivity index (χ0) is 19.2. The Balaban J connectivity index is 1.66. The van der Waals surface area contributed by atoms with E-state index in [2.05, 4.69) is 19.2 Å². The molecule has 0 unspecified atom stereocenters. The molecular weight excluding hydrogens is 340 g/mol. The Labute approximate surface area is 161 Å². The predicted molar refractivity (Wildman–Crippen MR) is 106 cm³/mol. The number of aromatic nitrogens is 1. The van der Waals surface area contributed by atoms with Gasteiger partial charge >= 0.3 is 0 Å². The first-order chi connectivity index (χ1) is 13.0. The summed E-state index contributed by atoms with van der Waals surface area (Å²) in [5, 5.41) is 12.9. The average Bonchev–Trinajstić information content (AvgIpc) is 3.11. The number of rotatable bonds is 9. The molecule has 1 aromatic heterocycles. The largest absolute Gasteiger partial charge is 0.508 e. The average molecular weight is 370 g/mol. The zero-order valence-electron chi connectivity index (χ0n) is 16.5. The third-order valence-electron chi connectivity index (χ3n) is 4.79. The van der Waals surface area contributed by atoms with Crippen molar-refractivity contribution in [1.82, 2.24) is 10.3 Å². The Morgan fingerprint density at radius 2 is 1.89 bits per heavy atom. The van der Waals surface area contributed by atoms with Crippen molar-refractivity contribution in [3.05, 3.63) is 52.3 Å². The van der Waals surface area contributed by atoms with Gasteiger partial charge in [0, 0.05) is 23.6 Å². The summed E-state index contributed by atoms with van der Waals surface area (Å²) in [6.07, 6.45) is 2.85. The molecule has 2 N–H and O–H groups in total. The van der Waals surface area contributed by atoms with Gasteiger partial charge in [-0.1, -0.05) is 26.0 Å². The zero-order valence-corrected chi connectivity index (χ0v) is 16.5. The van der Waals surface area contributed by atoms with E-state index >= 15 is 0 Å². The Morgan fingerprint density at radius 3 is 2.63 bits per heavy atom. The quantitative estimate of drug-likeness (QED) is 0.656. The third kappa shape index (κ3) is 5.21. The molecule has 0 atom stereocenters. The predicted octanol–water partition coefficient (Wildman–Crippen LogP) is 3.87. The van der Waals surface area contributed by atoms with Crippen LogP contribution in [0.25, 0.3) is 0 Å². The summed E-state index contributed by atoms with van der Waals surface area (Å²) in [7, 11) is 0. The smallest absolute Gasteiger partial charge is 0.146 e. The number of nitrogens with zero attached hydrogens (tertiary/aromatic N) is 1. The lowest BCUT2D eigenvalue weighted by molar-refractivity contribution is 0.132. The highest BCUT2D eigenvalue weighted by molar-refractivity contribution is 5.47. The molecule has 0 aliphatic carbocycles. The standard InChI is InChI=1S/C22H30N2O3/c1-15(2)23-10-4-5-11-27-22-16(3)24-21(19-13-26-14-20(19)22)12-17-6-8-18(25)9-7-17/h6-9,15,23,25H,4-5,10-14H2,1-3H3. The van der Waals surface area contributed by atoms with Crippen LogP contribution in [0.5, 0.6) is 11.5 Å². The molecule has 0 bridgehead atoms. The molecule has 0 fully saturated rings. The van der Waals surface area contributed by atoms with Crippen molar-refractivity contribution >= 4 is 0 Å². The first-order valence-electron chi connectivity index (χ1n) is 9.77. The maximum atomic E-state index is 9.47. The van der Waals surface area contributed by atoms with Gasteiger partial charge in [-0.05, 0) is 44.0 Å². The fourth-order valence-electron chi connectivity index (χ4n) is 3.37. The topological polar surface area (TPSA) is 63.6 Å². The molecule has 0 spiro atoms. The lowest BCUT2D eigenvalue weighted by Gasteiger charge is -2.16. The van der Waals surface area contributed by atoms with Gasteiger partial charge in [0.05, 0.1) is 31.2 Å². The van der Waals surface area contributed by atoms with Crippen molar-refractivity contribution in [2.45, 2.75) is 59.3 Å². The highest BCUT2D eigenvalue weighted by Crippen LogP contribution is 2.34. The van der Waals surface area contributed by atoms with Crippen LogP contribution in [-0.4, -0.2) is 29.3 Å². The highest BCUT2D eigenvalue weighted by Gasteiger charge is 2.23. The van der Waals surface area contributed by atoms with E-state index in [1.54, 1.807) is 12.1 Å². The number of phenolic OH excluding ortho intramolecular Hbond substituents is 1. The van der Waals surface area contributed by atoms with Gasteiger partial charge in [0.15, 0.2) is 0 Å². The van der Waals surface area contributed by atoms with Crippen LogP contribution in [0.2, 0.25) is 0 Å². The number of unbranched alkanes of at least 4 members (excludes halogenated alkanes) is 1. The normalized spacial score (nSPS) is 13.2. The van der Waals surface area contributed by atoms with Crippen molar-refractivity contribution in [3.8, 4) is 11.5 Å². The summed E-state index contributed by atoms with van der Waals surface area (Å²) in [6.45, 7) is 9.23. The molecule has 146 valence electrons. The van der Waals surface area contributed by atoms with E-state index in [-0.39, 0.29) is 5.75 Å². The summed E-state index contributed by atoms with van der Waals surface area (Å²) in [6, 6.07) is 7.82. The summed E-state index contributed by atoms with van der Waals surface area (Å²) in [5.74, 6) is 1.18. The molecule has 1 aliphatic rings. The fraction of sp³-hybridized carbons (Fsp3) is 0.500. The Bertz CT molecular complexity index is 757. The summed E-state index contributed by atoms with van der Waals surface area (Å²) in [4.78, 5) is 4.82. The number of fused-ring (bicyclic) bond motifs is 1. The van der Waals surface area contributed by atoms with E-state index in [0.717, 1.165) is 59.6 Å². The molecule has 5 nitrogen and oxygen atoms in total. The Hall–Kier alpha value is -2.11. The molecule has 1 aromatic carbocycles. The minimum absolute atomic E-state index is 0.281. The molecule has 1 aliphatic heterocycles. The molecule has 0 radical (unpaired) electrons. The number of aryl methyl sites for hydroxylation is 1. The Morgan fingerprint density at radius 1 is 1.15 bits per heavy atom. The number of nitrogens with one attached hydrogen (secondary N) is 1. The van der Waals surface area contributed by atoms with Crippen molar-refractivity contribution in [2.24, 2.45) is 0 Å². The lowest BCUT2D eigenvalue weighted by atomic mass is 10.0. The van der Waals surface area contributed by atoms with E-state index in [1.165, 1.54) is 0 Å². The van der Waals surface area contributed by atoms with Crippen LogP contribution in [0, 0.1) is 6.92 Å². The second-order valence-electron chi connectivity index (χ2n) is 7.43. The number of hydrogen-bond donors (Lipinski definition) is 2. The van der Waals surface area contributed by atoms with Crippen molar-refractivity contribution in [3.63, 3.8) is 0 Å². The van der Waals surface area contributed by atoms with Crippen molar-refractivity contribution < 1.29 is 14.6 Å². The number of hydrogen-bond acceptors (Lipinski definition) is 5. The van der Waals surface area contributed by atoms with Gasteiger partial charge in [-0.25, -0.2) is 0 Å². The van der Waals surface area contributed by atoms with Gasteiger partial charge in [0.25, 0.3) is 0 Å². The van der Waals surface area contributed by atoms with Gasteiger partial charge in [0.1, 0.15) is 11.5 Å². The summed E-state index contributed by atoms with van der Waals surface area (Å²) in [5.41, 5.74) is 5.40. The first kappa shape index (κ1) is 19.6. The number of aromatic hydroxyl groups is 1. The summed E-state index contributed by atoms with van der Waals surface area (Å²) >= 11 is 0. The van der Waals surface area contributed by atoms with E-state index < -0.39 is 0 Å². The molecule has 0 saturated heterocycles. The van der Waals surface area contributed by atoms with E-state index in [4.69, 9.17) is 14.5 Å². The second-order valence-corrected chi connectivity index (χ2v) is 7.43. The molecule has 5 heteroatoms. The monoisotopic (exact) mass is 370 g/mol. The SMILES string of the molecule is Cc1nc(Cc2ccc(O)cc2)c2c(c1OCCCCNC(C)C)COC2. The van der Waals surface area contributed by atoms with Crippen LogP contribution >= 0.6 is 0 Å². The number of benzene rings is 1. The Kier molecular flexibility index (Phi) is 6.69. The fourth-order valence-corrected chi connectivity index (χ4v) is 3.37. The van der Waals surface area contributed by atoms with Crippen LogP contribution in [0.3, 0.4) is 0 Å². The second kappa shape index (κ2) is 9.20. The summed E-state index contributed by atoms with van der Waals surface area (Å²) < 4.78 is 11.8. The van der Waals surface area contributed by atoms with Crippen LogP contribution in [0.1, 0.15) is 54.8 Å². The van der Waals surface area contributed by atoms with Crippen molar-refractivity contribution in [1.29, 1.82) is 0 Å². The molecule has 2 aromatic rings. The number of ether oxygens (including phenoxy) is 2. The van der Waals surface area contributed by atoms with Gasteiger partial charge in [-0.2, -0.15) is 0 Å². The molecule has 27 heavy (non-hydrogen) atoms. The maximum absolute atomic E-state index is 9.47. The molecule has 3 rings (SSSR count). The maximum Gasteiger partial charge on any atom is 0.146 e. The van der Waals surface area contributed by atoms with E-state index in [1.807, 2.05) is 19.1 Å². The first-order valence-corrected chi connectivity index (χ1v) is 9.77. The van der Waals surface area contributed by atoms with Gasteiger partial charge in [0.2, 0.25) is 0 Å². The van der Waals surface area contributed by atoms with Crippen LogP contribution in [-0.2, 0) is 24.4 Å². The van der Waals surface area contributed by atoms with Crippen LogP contribution < -0.4 is 10.1 Å². The van der Waals surface area contributed by atoms with Crippen LogP contribution in [0.4, 0.5) is 0 Å². The lowest BCUT2D eigenvalue weighted by Crippen LogP contribution is -2.23. The molecule has 0 amide bonds. The minimum Gasteiger partial charge on any atom is -0.508 e. The minimum atomic E-state index is 0.281. The van der Waals surface area contributed by atoms with Gasteiger partial charge in [-0.3, -0.25) is 4.98 Å². The van der Waals surface area contributed by atoms with Crippen LogP contribution in [0.15, 0.2) is 24.3 Å². The molecule has 0 saturated carbocycles. The van der Waals surface area contributed by atoms with E-state index in [9.17, 15) is 5.11 Å².